The van der Waals surface area contributed by atoms with Crippen LogP contribution < -0.4 is 65.5 Å². The molecular weight excluding hydrogens is 1040 g/mol. The zero-order valence-corrected chi connectivity index (χ0v) is 43.8. The molecule has 30 heteroatoms. The number of carboxylic acids is 3. The summed E-state index contributed by atoms with van der Waals surface area (Å²) in [7, 11) is 0. The van der Waals surface area contributed by atoms with Gasteiger partial charge in [-0.15, -0.1) is 0 Å². The number of hydrogen-bond acceptors (Lipinski definition) is 16. The van der Waals surface area contributed by atoms with Gasteiger partial charge < -0.3 is 91.0 Å². The molecule has 0 fully saturated rings. The predicted molar refractivity (Wildman–Crippen MR) is 278 cm³/mol. The van der Waals surface area contributed by atoms with E-state index < -0.39 is 157 Å². The van der Waals surface area contributed by atoms with Crippen molar-refractivity contribution in [3.05, 3.63) is 65.7 Å². The molecule has 0 bridgehead atoms. The van der Waals surface area contributed by atoms with Gasteiger partial charge in [0.05, 0.1) is 25.0 Å². The molecule has 10 atom stereocenters. The second kappa shape index (κ2) is 32.6. The molecule has 21 N–H and O–H groups in total. The molecule has 0 unspecified atom stereocenters. The predicted octanol–water partition coefficient (Wildman–Crippen LogP) is -5.21. The number of amides is 9. The summed E-state index contributed by atoms with van der Waals surface area (Å²) in [6.45, 7) is 5.41. The van der Waals surface area contributed by atoms with Gasteiger partial charge in [0.1, 0.15) is 54.1 Å². The number of guanidine groups is 1. The van der Waals surface area contributed by atoms with E-state index in [1.165, 1.54) is 31.2 Å². The Morgan fingerprint density at radius 3 is 1.52 bits per heavy atom. The number of aliphatic hydroxyl groups excluding tert-OH is 1. The number of carbonyl (C=O) groups is 12. The van der Waals surface area contributed by atoms with Crippen LogP contribution in [0.15, 0.2) is 59.6 Å². The van der Waals surface area contributed by atoms with Crippen LogP contribution in [0.4, 0.5) is 0 Å². The molecule has 2 aromatic rings. The lowest BCUT2D eigenvalue weighted by Crippen LogP contribution is -2.62. The fourth-order valence-electron chi connectivity index (χ4n) is 7.21. The Morgan fingerprint density at radius 1 is 0.519 bits per heavy atom. The van der Waals surface area contributed by atoms with E-state index in [4.69, 9.17) is 22.9 Å². The number of phenolic OH excluding ortho intramolecular Hbond substituents is 1. The first-order valence-corrected chi connectivity index (χ1v) is 24.7. The van der Waals surface area contributed by atoms with Gasteiger partial charge in [0.15, 0.2) is 5.96 Å². The van der Waals surface area contributed by atoms with Crippen LogP contribution >= 0.6 is 0 Å². The number of hydrogen-bond donors (Lipinski definition) is 17. The SMILES string of the molecule is CC(C)[C@H](N)C(=O)N[C@@H](CC(N)=O)C(=O)N[C@@H](Cc1ccc(O)cc1)C(=O)N[C@@H](C)C(=O)N[C@@H](CCCN=C(N)N)C(=O)N[C@H](C(=O)N[C@@H](CCC(=O)O)C(=O)N[C@@H](CC(=O)O)C(=O)N[C@@H](Cc1ccccc1)C(=O)O)[C@@H](C)O. The van der Waals surface area contributed by atoms with Crippen LogP contribution in [0.2, 0.25) is 0 Å². The lowest BCUT2D eigenvalue weighted by atomic mass is 10.0. The molecule has 0 aromatic heterocycles. The highest BCUT2D eigenvalue weighted by molar-refractivity contribution is 5.99. The maximum absolute atomic E-state index is 14.0. The number of nitrogens with zero attached hydrogens (tertiary/aromatic N) is 1. The van der Waals surface area contributed by atoms with E-state index in [9.17, 15) is 83.1 Å². The summed E-state index contributed by atoms with van der Waals surface area (Å²) < 4.78 is 0. The highest BCUT2D eigenvalue weighted by Gasteiger charge is 2.37. The molecule has 30 nitrogen and oxygen atoms in total. The monoisotopic (exact) mass is 1110 g/mol. The molecule has 0 aliphatic rings. The minimum absolute atomic E-state index is 0.0175. The minimum atomic E-state index is -1.98. The smallest absolute Gasteiger partial charge is 0.326 e. The molecule has 2 aromatic carbocycles. The van der Waals surface area contributed by atoms with Crippen LogP contribution in [0, 0.1) is 5.92 Å². The largest absolute Gasteiger partial charge is 0.508 e. The lowest BCUT2D eigenvalue weighted by molar-refractivity contribution is -0.143. The van der Waals surface area contributed by atoms with E-state index in [2.05, 4.69) is 47.5 Å². The number of aromatic hydroxyl groups is 1. The molecular formula is C49H71N13O17. The number of primary amides is 1. The third kappa shape index (κ3) is 24.3. The first-order valence-electron chi connectivity index (χ1n) is 24.7. The first kappa shape index (κ1) is 66.2. The summed E-state index contributed by atoms with van der Waals surface area (Å²) in [4.78, 5) is 160. The van der Waals surface area contributed by atoms with Crippen LogP contribution in [0.5, 0.6) is 5.75 Å². The van der Waals surface area contributed by atoms with Crippen molar-refractivity contribution < 1.29 is 83.1 Å². The number of rotatable bonds is 34. The van der Waals surface area contributed by atoms with Crippen LogP contribution in [0.25, 0.3) is 0 Å². The topological polar surface area (TPSA) is 519 Å². The summed E-state index contributed by atoms with van der Waals surface area (Å²) in [5.74, 6) is -15.4. The molecule has 0 radical (unpaired) electrons. The maximum Gasteiger partial charge on any atom is 0.326 e. The second-order valence-electron chi connectivity index (χ2n) is 18.6. The van der Waals surface area contributed by atoms with Gasteiger partial charge in [0.2, 0.25) is 53.2 Å². The van der Waals surface area contributed by atoms with Crippen molar-refractivity contribution in [2.75, 3.05) is 6.54 Å². The average molecular weight is 1110 g/mol. The fourth-order valence-corrected chi connectivity index (χ4v) is 7.21. The van der Waals surface area contributed by atoms with Crippen molar-refractivity contribution in [1.82, 2.24) is 42.5 Å². The lowest BCUT2D eigenvalue weighted by Gasteiger charge is -2.28. The molecule has 0 heterocycles. The Hall–Kier alpha value is -8.93. The highest BCUT2D eigenvalue weighted by Crippen LogP contribution is 2.13. The standard InChI is InChI=1S/C49H71N13O17/c1-23(2)38(51)46(76)60-32(21-35(50)65)44(74)58-31(19-27-12-14-28(64)15-13-27)43(73)55-24(3)40(70)56-29(11-8-18-54-49(52)53)42(72)62-39(25(4)63)47(77)57-30(16-17-36(66)67)41(71)59-33(22-37(68)69)45(75)61-34(48(78)79)20-26-9-6-5-7-10-26/h5-7,9-10,12-15,23-25,29-34,38-39,63-64H,8,11,16-22,51H2,1-4H3,(H2,50,65)(H,55,73)(H,56,70)(H,57,77)(H,58,74)(H,59,71)(H,60,76)(H,61,75)(H,62,72)(H,66,67)(H,68,69)(H,78,79)(H4,52,53,54)/t24-,25+,29-,30-,31-,32-,33-,34-,38-,39-/m0/s1. The van der Waals surface area contributed by atoms with Crippen LogP contribution in [0.1, 0.15) is 77.3 Å². The Bertz CT molecular complexity index is 2510. The van der Waals surface area contributed by atoms with Crippen molar-refractivity contribution in [2.45, 2.75) is 140 Å². The van der Waals surface area contributed by atoms with Crippen LogP contribution in [0.3, 0.4) is 0 Å². The summed E-state index contributed by atoms with van der Waals surface area (Å²) >= 11 is 0. The normalized spacial score (nSPS) is 14.7. The average Bonchev–Trinajstić information content (AvgIpc) is 3.36. The van der Waals surface area contributed by atoms with Crippen LogP contribution in [-0.4, -0.2) is 170 Å². The van der Waals surface area contributed by atoms with Gasteiger partial charge in [0, 0.05) is 25.8 Å². The number of nitrogens with one attached hydrogen (secondary N) is 8. The van der Waals surface area contributed by atoms with Crippen molar-refractivity contribution >= 4 is 77.0 Å². The molecule has 434 valence electrons. The Morgan fingerprint density at radius 2 is 0.987 bits per heavy atom. The van der Waals surface area contributed by atoms with Crippen molar-refractivity contribution in [3.8, 4) is 5.75 Å². The Balaban J connectivity index is 2.41. The minimum Gasteiger partial charge on any atom is -0.508 e. The molecule has 0 spiro atoms. The number of phenols is 1. The molecule has 0 aliphatic heterocycles. The van der Waals surface area contributed by atoms with E-state index >= 15 is 0 Å². The molecule has 2 rings (SSSR count). The van der Waals surface area contributed by atoms with E-state index in [0.717, 1.165) is 6.92 Å². The van der Waals surface area contributed by atoms with Crippen LogP contribution in [-0.2, 0) is 70.4 Å². The van der Waals surface area contributed by atoms with Crippen molar-refractivity contribution in [3.63, 3.8) is 0 Å². The summed E-state index contributed by atoms with van der Waals surface area (Å²) in [5, 5.41) is 67.8. The summed E-state index contributed by atoms with van der Waals surface area (Å²) in [5.41, 5.74) is 23.0. The number of benzene rings is 2. The van der Waals surface area contributed by atoms with Gasteiger partial charge in [-0.2, -0.15) is 0 Å². The third-order valence-electron chi connectivity index (χ3n) is 11.7. The van der Waals surface area contributed by atoms with Gasteiger partial charge in [-0.1, -0.05) is 56.3 Å². The number of carboxylic acid groups (broad SMARTS) is 3. The Kier molecular flexibility index (Phi) is 27.3. The zero-order chi connectivity index (χ0) is 59.7. The number of aliphatic carboxylic acids is 3. The third-order valence-corrected chi connectivity index (χ3v) is 11.7. The van der Waals surface area contributed by atoms with Gasteiger partial charge in [-0.3, -0.25) is 57.7 Å². The van der Waals surface area contributed by atoms with E-state index in [1.807, 2.05) is 0 Å². The number of nitrogens with two attached hydrogens (primary N) is 4. The van der Waals surface area contributed by atoms with Gasteiger partial charge in [-0.05, 0) is 62.3 Å². The van der Waals surface area contributed by atoms with E-state index in [0.29, 0.717) is 11.1 Å². The van der Waals surface area contributed by atoms with E-state index in [-0.39, 0.29) is 49.9 Å². The second-order valence-corrected chi connectivity index (χ2v) is 18.6. The molecule has 79 heavy (non-hydrogen) atoms. The van der Waals surface area contributed by atoms with Crippen molar-refractivity contribution in [1.29, 1.82) is 0 Å². The number of aliphatic imine (C=N–C) groups is 1. The highest BCUT2D eigenvalue weighted by atomic mass is 16.4. The van der Waals surface area contributed by atoms with Gasteiger partial charge in [0.25, 0.3) is 0 Å². The van der Waals surface area contributed by atoms with Gasteiger partial charge >= 0.3 is 17.9 Å². The zero-order valence-electron chi connectivity index (χ0n) is 43.8. The number of aliphatic hydroxyl groups is 1. The van der Waals surface area contributed by atoms with Crippen molar-refractivity contribution in [2.24, 2.45) is 33.8 Å². The molecule has 9 amide bonds. The first-order chi connectivity index (χ1) is 37.0. The molecule has 0 saturated carbocycles. The fraction of sp³-hybridized carbons (Fsp3) is 0.490. The Labute approximate surface area is 453 Å². The summed E-state index contributed by atoms with van der Waals surface area (Å²) in [6, 6.07) is -1.41. The van der Waals surface area contributed by atoms with E-state index in [1.54, 1.807) is 44.2 Å². The molecule has 0 aliphatic carbocycles. The number of carbonyl (C=O) groups excluding carboxylic acids is 9. The quantitative estimate of drug-likeness (QED) is 0.0177. The molecule has 0 saturated heterocycles. The summed E-state index contributed by atoms with van der Waals surface area (Å²) in [6.07, 6.45) is -5.94. The van der Waals surface area contributed by atoms with Gasteiger partial charge in [-0.25, -0.2) is 4.79 Å². The maximum atomic E-state index is 14.0.